The summed E-state index contributed by atoms with van der Waals surface area (Å²) in [4.78, 5) is 41.9. The number of alkyl halides is 3. The number of nitrogens with zero attached hydrogens (tertiary/aromatic N) is 3. The first-order valence-corrected chi connectivity index (χ1v) is 11.2. The van der Waals surface area contributed by atoms with Crippen LogP contribution < -0.4 is 21.3 Å². The van der Waals surface area contributed by atoms with Gasteiger partial charge in [-0.1, -0.05) is 17.8 Å². The van der Waals surface area contributed by atoms with E-state index in [1.165, 1.54) is 27.3 Å². The number of carbonyl (C=O) groups is 1. The Bertz CT molecular complexity index is 1430. The zero-order valence-electron chi connectivity index (χ0n) is 19.3. The number of aromatic hydroxyl groups is 1. The fourth-order valence-electron chi connectivity index (χ4n) is 3.06. The van der Waals surface area contributed by atoms with Crippen molar-refractivity contribution in [2.45, 2.75) is 6.18 Å². The Balaban J connectivity index is 1.94. The number of rotatable bonds is 6. The fraction of sp³-hybridized carbons (Fsp3) is 0.217. The standard InChI is InChI=1S/C23H21F3N4O5S/c1-29-20(32)18(21(33)30(2)22(29)34)19(28-14-7-9-16(35-3)10-8-14)36-12-17(31)27-15-6-4-5-13(11-15)23(24,25)26/h4-11,32H,12H2,1-3H3,(H,27,31). The summed E-state index contributed by atoms with van der Waals surface area (Å²) in [5, 5.41) is 12.8. The van der Waals surface area contributed by atoms with Gasteiger partial charge < -0.3 is 15.2 Å². The van der Waals surface area contributed by atoms with Crippen LogP contribution in [0.25, 0.3) is 0 Å². The van der Waals surface area contributed by atoms with Gasteiger partial charge in [-0.25, -0.2) is 9.79 Å². The molecule has 1 aromatic heterocycles. The van der Waals surface area contributed by atoms with Gasteiger partial charge in [0.05, 0.1) is 24.1 Å². The van der Waals surface area contributed by atoms with E-state index in [0.717, 1.165) is 39.1 Å². The molecule has 1 heterocycles. The van der Waals surface area contributed by atoms with Crippen molar-refractivity contribution in [2.24, 2.45) is 19.1 Å². The second-order valence-electron chi connectivity index (χ2n) is 7.43. The van der Waals surface area contributed by atoms with Gasteiger partial charge in [0.2, 0.25) is 11.8 Å². The number of carbonyl (C=O) groups excluding carboxylic acids is 1. The van der Waals surface area contributed by atoms with Crippen molar-refractivity contribution in [3.8, 4) is 11.6 Å². The zero-order valence-corrected chi connectivity index (χ0v) is 20.1. The number of benzene rings is 2. The lowest BCUT2D eigenvalue weighted by atomic mass is 10.2. The molecular weight excluding hydrogens is 501 g/mol. The minimum atomic E-state index is -4.57. The van der Waals surface area contributed by atoms with Crippen LogP contribution in [0.2, 0.25) is 0 Å². The number of thioether (sulfide) groups is 1. The van der Waals surface area contributed by atoms with E-state index in [1.807, 2.05) is 0 Å². The molecule has 0 aliphatic carbocycles. The van der Waals surface area contributed by atoms with E-state index >= 15 is 0 Å². The average molecular weight is 523 g/mol. The minimum absolute atomic E-state index is 0.0649. The number of aromatic nitrogens is 2. The number of hydrogen-bond acceptors (Lipinski definition) is 7. The molecule has 0 radical (unpaired) electrons. The van der Waals surface area contributed by atoms with E-state index in [4.69, 9.17) is 4.74 Å². The van der Waals surface area contributed by atoms with E-state index < -0.39 is 34.8 Å². The monoisotopic (exact) mass is 522 g/mol. The van der Waals surface area contributed by atoms with Crippen molar-refractivity contribution in [3.63, 3.8) is 0 Å². The van der Waals surface area contributed by atoms with Gasteiger partial charge in [-0.15, -0.1) is 0 Å². The van der Waals surface area contributed by atoms with Crippen molar-refractivity contribution < 1.29 is 27.8 Å². The largest absolute Gasteiger partial charge is 0.497 e. The van der Waals surface area contributed by atoms with Crippen molar-refractivity contribution in [3.05, 3.63) is 80.5 Å². The first-order valence-electron chi connectivity index (χ1n) is 10.2. The Hall–Kier alpha value is -4.00. The number of hydrogen-bond donors (Lipinski definition) is 2. The fourth-order valence-corrected chi connectivity index (χ4v) is 3.89. The van der Waals surface area contributed by atoms with E-state index in [-0.39, 0.29) is 22.0 Å². The molecule has 0 spiro atoms. The van der Waals surface area contributed by atoms with Crippen molar-refractivity contribution in [1.82, 2.24) is 9.13 Å². The summed E-state index contributed by atoms with van der Waals surface area (Å²) in [7, 11) is 3.97. The summed E-state index contributed by atoms with van der Waals surface area (Å²) in [6.07, 6.45) is -4.57. The number of anilines is 1. The Labute approximate surface area is 206 Å². The molecule has 0 bridgehead atoms. The van der Waals surface area contributed by atoms with Gasteiger partial charge in [-0.2, -0.15) is 13.2 Å². The van der Waals surface area contributed by atoms with Crippen LogP contribution in [-0.4, -0.2) is 38.1 Å². The molecule has 2 aromatic carbocycles. The third-order valence-electron chi connectivity index (χ3n) is 4.96. The Morgan fingerprint density at radius 2 is 1.78 bits per heavy atom. The van der Waals surface area contributed by atoms with Crippen LogP contribution in [0.4, 0.5) is 24.5 Å². The topological polar surface area (TPSA) is 115 Å². The molecule has 9 nitrogen and oxygen atoms in total. The van der Waals surface area contributed by atoms with Crippen molar-refractivity contribution in [1.29, 1.82) is 0 Å². The Kier molecular flexibility index (Phi) is 7.93. The van der Waals surface area contributed by atoms with Crippen LogP contribution in [0.3, 0.4) is 0 Å². The highest BCUT2D eigenvalue weighted by atomic mass is 32.2. The smallest absolute Gasteiger partial charge is 0.416 e. The minimum Gasteiger partial charge on any atom is -0.497 e. The van der Waals surface area contributed by atoms with Crippen LogP contribution in [0, 0.1) is 0 Å². The molecule has 0 atom stereocenters. The highest BCUT2D eigenvalue weighted by Crippen LogP contribution is 2.31. The molecule has 0 unspecified atom stereocenters. The van der Waals surface area contributed by atoms with Crippen LogP contribution >= 0.6 is 11.8 Å². The van der Waals surface area contributed by atoms with Gasteiger partial charge in [0, 0.05) is 19.8 Å². The molecule has 0 saturated carbocycles. The first kappa shape index (κ1) is 26.6. The Morgan fingerprint density at radius 1 is 1.11 bits per heavy atom. The highest BCUT2D eigenvalue weighted by molar-refractivity contribution is 8.15. The third kappa shape index (κ3) is 5.97. The molecular formula is C23H21F3N4O5S. The average Bonchev–Trinajstić information content (AvgIpc) is 2.85. The number of ether oxygens (including phenoxy) is 1. The molecule has 3 rings (SSSR count). The lowest BCUT2D eigenvalue weighted by Gasteiger charge is -2.13. The lowest BCUT2D eigenvalue weighted by molar-refractivity contribution is -0.137. The summed E-state index contributed by atoms with van der Waals surface area (Å²) in [6, 6.07) is 10.5. The SMILES string of the molecule is COc1ccc(N=C(SCC(=O)Nc2cccc(C(F)(F)F)c2)c2c(O)n(C)c(=O)n(C)c2=O)cc1. The highest BCUT2D eigenvalue weighted by Gasteiger charge is 2.30. The number of nitrogens with one attached hydrogen (secondary N) is 1. The Morgan fingerprint density at radius 3 is 2.39 bits per heavy atom. The van der Waals surface area contributed by atoms with Crippen molar-refractivity contribution in [2.75, 3.05) is 18.2 Å². The molecule has 0 aliphatic rings. The normalized spacial score (nSPS) is 11.9. The summed E-state index contributed by atoms with van der Waals surface area (Å²) in [5.41, 5.74) is -2.55. The first-order chi connectivity index (χ1) is 16.9. The molecule has 190 valence electrons. The van der Waals surface area contributed by atoms with Gasteiger partial charge in [0.15, 0.2) is 0 Å². The molecule has 1 amide bonds. The molecule has 0 saturated heterocycles. The predicted molar refractivity (Wildman–Crippen MR) is 130 cm³/mol. The molecule has 36 heavy (non-hydrogen) atoms. The molecule has 13 heteroatoms. The summed E-state index contributed by atoms with van der Waals surface area (Å²) < 4.78 is 45.6. The molecule has 2 N–H and O–H groups in total. The quantitative estimate of drug-likeness (QED) is 0.379. The molecule has 0 fully saturated rings. The second kappa shape index (κ2) is 10.7. The maximum Gasteiger partial charge on any atom is 0.416 e. The van der Waals surface area contributed by atoms with Crippen molar-refractivity contribution >= 4 is 34.1 Å². The van der Waals surface area contributed by atoms with Gasteiger partial charge in [0.1, 0.15) is 16.4 Å². The number of amides is 1. The van der Waals surface area contributed by atoms with Gasteiger partial charge in [-0.3, -0.25) is 18.7 Å². The molecule has 3 aromatic rings. The number of aliphatic imine (C=N–C) groups is 1. The summed E-state index contributed by atoms with van der Waals surface area (Å²) in [6.45, 7) is 0. The number of methoxy groups -OCH3 is 1. The van der Waals surface area contributed by atoms with Gasteiger partial charge >= 0.3 is 11.9 Å². The van der Waals surface area contributed by atoms with Crippen LogP contribution in [0.15, 0.2) is 63.1 Å². The summed E-state index contributed by atoms with van der Waals surface area (Å²) >= 11 is 0.764. The van der Waals surface area contributed by atoms with Crippen LogP contribution in [0.1, 0.15) is 11.1 Å². The van der Waals surface area contributed by atoms with E-state index in [0.29, 0.717) is 11.4 Å². The maximum absolute atomic E-state index is 13.0. The van der Waals surface area contributed by atoms with Gasteiger partial charge in [-0.05, 0) is 42.5 Å². The lowest BCUT2D eigenvalue weighted by Crippen LogP contribution is -2.39. The van der Waals surface area contributed by atoms with E-state index in [2.05, 4.69) is 10.3 Å². The number of halogens is 3. The van der Waals surface area contributed by atoms with E-state index in [9.17, 15) is 32.7 Å². The third-order valence-corrected chi connectivity index (χ3v) is 5.94. The maximum atomic E-state index is 13.0. The van der Waals surface area contributed by atoms with Crippen LogP contribution in [0.5, 0.6) is 11.6 Å². The molecule has 0 aliphatic heterocycles. The van der Waals surface area contributed by atoms with Gasteiger partial charge in [0.25, 0.3) is 5.56 Å². The van der Waals surface area contributed by atoms with Crippen LogP contribution in [-0.2, 0) is 25.1 Å². The zero-order chi connectivity index (χ0) is 26.6. The summed E-state index contributed by atoms with van der Waals surface area (Å²) in [5.74, 6) is -1.15. The predicted octanol–water partition coefficient (Wildman–Crippen LogP) is 3.27. The van der Waals surface area contributed by atoms with E-state index in [1.54, 1.807) is 24.3 Å². The second-order valence-corrected chi connectivity index (χ2v) is 8.40.